The first-order chi connectivity index (χ1) is 10.5. The number of nitrogens with zero attached hydrogens (tertiary/aromatic N) is 3. The van der Waals surface area contributed by atoms with Crippen LogP contribution in [0.4, 0.5) is 0 Å². The van der Waals surface area contributed by atoms with Crippen molar-refractivity contribution in [2.45, 2.75) is 11.4 Å². The zero-order chi connectivity index (χ0) is 16.2. The first-order valence-corrected chi connectivity index (χ1v) is 9.07. The highest BCUT2D eigenvalue weighted by atomic mass is 79.9. The molecule has 1 saturated heterocycles. The normalized spacial score (nSPS) is 17.5. The van der Waals surface area contributed by atoms with E-state index in [1.807, 2.05) is 0 Å². The van der Waals surface area contributed by atoms with Gasteiger partial charge >= 0.3 is 0 Å². The average molecular weight is 392 g/mol. The molecule has 1 amide bonds. The van der Waals surface area contributed by atoms with E-state index in [4.69, 9.17) is 4.74 Å². The van der Waals surface area contributed by atoms with Gasteiger partial charge < -0.3 is 9.64 Å². The topological polar surface area (TPSA) is 79.8 Å². The molecule has 1 aliphatic rings. The van der Waals surface area contributed by atoms with Gasteiger partial charge in [-0.2, -0.15) is 4.31 Å². The van der Waals surface area contributed by atoms with E-state index >= 15 is 0 Å². The Morgan fingerprint density at radius 3 is 2.86 bits per heavy atom. The van der Waals surface area contributed by atoms with Crippen LogP contribution >= 0.6 is 15.9 Å². The molecule has 0 aromatic carbocycles. The van der Waals surface area contributed by atoms with Crippen molar-refractivity contribution in [3.8, 4) is 0 Å². The highest BCUT2D eigenvalue weighted by Crippen LogP contribution is 2.23. The molecule has 0 aliphatic carbocycles. The molecule has 0 bridgehead atoms. The van der Waals surface area contributed by atoms with Crippen molar-refractivity contribution in [1.82, 2.24) is 14.2 Å². The van der Waals surface area contributed by atoms with E-state index in [0.717, 1.165) is 0 Å². The second-order valence-corrected chi connectivity index (χ2v) is 7.56. The van der Waals surface area contributed by atoms with E-state index in [1.54, 1.807) is 24.1 Å². The summed E-state index contributed by atoms with van der Waals surface area (Å²) in [5.41, 5.74) is 0. The molecule has 0 N–H and O–H groups in total. The Kier molecular flexibility index (Phi) is 5.90. The first-order valence-electron chi connectivity index (χ1n) is 6.84. The third-order valence-electron chi connectivity index (χ3n) is 3.37. The van der Waals surface area contributed by atoms with Gasteiger partial charge in [0.25, 0.3) is 10.0 Å². The third kappa shape index (κ3) is 3.83. The largest absolute Gasteiger partial charge is 0.383 e. The number of carbonyl (C=O) groups is 1. The van der Waals surface area contributed by atoms with Crippen LogP contribution in [-0.4, -0.2) is 68.4 Å². The number of sulfonamides is 1. The van der Waals surface area contributed by atoms with Gasteiger partial charge in [0.15, 0.2) is 5.03 Å². The van der Waals surface area contributed by atoms with E-state index in [2.05, 4.69) is 20.9 Å². The van der Waals surface area contributed by atoms with Crippen LogP contribution < -0.4 is 0 Å². The van der Waals surface area contributed by atoms with Crippen LogP contribution in [0.5, 0.6) is 0 Å². The maximum absolute atomic E-state index is 12.7. The van der Waals surface area contributed by atoms with Gasteiger partial charge in [0, 0.05) is 32.9 Å². The van der Waals surface area contributed by atoms with Crippen LogP contribution in [0.2, 0.25) is 0 Å². The number of rotatable bonds is 5. The Morgan fingerprint density at radius 2 is 2.18 bits per heavy atom. The van der Waals surface area contributed by atoms with Crippen molar-refractivity contribution < 1.29 is 17.9 Å². The molecule has 7 nitrogen and oxygen atoms in total. The summed E-state index contributed by atoms with van der Waals surface area (Å²) in [5.74, 6) is -0.217. The van der Waals surface area contributed by atoms with Crippen molar-refractivity contribution in [3.63, 3.8) is 0 Å². The molecule has 1 aromatic rings. The summed E-state index contributed by atoms with van der Waals surface area (Å²) in [6, 6.07) is 3.26. The van der Waals surface area contributed by atoms with Crippen LogP contribution in [0, 0.1) is 0 Å². The summed E-state index contributed by atoms with van der Waals surface area (Å²) < 4.78 is 31.9. The van der Waals surface area contributed by atoms with Crippen molar-refractivity contribution in [2.24, 2.45) is 0 Å². The van der Waals surface area contributed by atoms with Crippen molar-refractivity contribution in [3.05, 3.63) is 22.8 Å². The lowest BCUT2D eigenvalue weighted by molar-refractivity contribution is -0.131. The quantitative estimate of drug-likeness (QED) is 0.738. The number of hydrogen-bond acceptors (Lipinski definition) is 5. The summed E-state index contributed by atoms with van der Waals surface area (Å²) in [4.78, 5) is 17.8. The molecule has 1 aliphatic heterocycles. The third-order valence-corrected chi connectivity index (χ3v) is 6.08. The average Bonchev–Trinajstić information content (AvgIpc) is 2.67. The van der Waals surface area contributed by atoms with Gasteiger partial charge in [0.05, 0.1) is 17.6 Å². The molecular formula is C13H18BrN3O4S. The lowest BCUT2D eigenvalue weighted by Crippen LogP contribution is -2.40. The number of halogens is 1. The molecule has 122 valence electrons. The van der Waals surface area contributed by atoms with Gasteiger partial charge in [0.1, 0.15) is 0 Å². The lowest BCUT2D eigenvalue weighted by Gasteiger charge is -2.21. The van der Waals surface area contributed by atoms with Crippen molar-refractivity contribution in [1.29, 1.82) is 0 Å². The molecule has 22 heavy (non-hydrogen) atoms. The van der Waals surface area contributed by atoms with E-state index in [9.17, 15) is 13.2 Å². The number of hydrogen-bond donors (Lipinski definition) is 0. The van der Waals surface area contributed by atoms with Crippen molar-refractivity contribution >= 4 is 31.9 Å². The Bertz CT molecular complexity index is 638. The molecular weight excluding hydrogens is 374 g/mol. The monoisotopic (exact) mass is 391 g/mol. The number of aromatic nitrogens is 1. The fourth-order valence-electron chi connectivity index (χ4n) is 2.22. The maximum Gasteiger partial charge on any atom is 0.262 e. The van der Waals surface area contributed by atoms with Gasteiger partial charge in [-0.1, -0.05) is 0 Å². The second-order valence-electron chi connectivity index (χ2n) is 4.86. The number of methoxy groups -OCH3 is 1. The SMILES string of the molecule is COCCN1CCCN(S(=O)(=O)c2ncccc2Br)CC1=O. The van der Waals surface area contributed by atoms with Gasteiger partial charge in [-0.15, -0.1) is 0 Å². The predicted molar refractivity (Wildman–Crippen MR) is 83.8 cm³/mol. The molecule has 9 heteroatoms. The Hall–Kier alpha value is -1.03. The Morgan fingerprint density at radius 1 is 1.41 bits per heavy atom. The number of pyridine rings is 1. The van der Waals surface area contributed by atoms with Crippen LogP contribution in [0.25, 0.3) is 0 Å². The lowest BCUT2D eigenvalue weighted by atomic mass is 10.4. The molecule has 0 radical (unpaired) electrons. The van der Waals surface area contributed by atoms with Crippen LogP contribution in [0.15, 0.2) is 27.8 Å². The molecule has 2 rings (SSSR count). The minimum absolute atomic E-state index is 0.0619. The van der Waals surface area contributed by atoms with Crippen LogP contribution in [-0.2, 0) is 19.6 Å². The molecule has 0 unspecified atom stereocenters. The van der Waals surface area contributed by atoms with Crippen molar-refractivity contribution in [2.75, 3.05) is 39.9 Å². The van der Waals surface area contributed by atoms with E-state index in [1.165, 1.54) is 10.5 Å². The fraction of sp³-hybridized carbons (Fsp3) is 0.538. The highest BCUT2D eigenvalue weighted by Gasteiger charge is 2.32. The summed E-state index contributed by atoms with van der Waals surface area (Å²) in [7, 11) is -2.23. The molecule has 0 saturated carbocycles. The minimum Gasteiger partial charge on any atom is -0.383 e. The molecule has 2 heterocycles. The maximum atomic E-state index is 12.7. The summed E-state index contributed by atoms with van der Waals surface area (Å²) in [5, 5.41) is -0.0619. The fourth-order valence-corrected chi connectivity index (χ4v) is 4.49. The van der Waals surface area contributed by atoms with Gasteiger partial charge in [-0.05, 0) is 34.5 Å². The van der Waals surface area contributed by atoms with E-state index < -0.39 is 10.0 Å². The molecule has 0 atom stereocenters. The molecule has 1 aromatic heterocycles. The zero-order valence-electron chi connectivity index (χ0n) is 12.2. The standard InChI is InChI=1S/C13H18BrN3O4S/c1-21-9-8-16-6-3-7-17(10-12(16)18)22(19,20)13-11(14)4-2-5-15-13/h2,4-5H,3,6-10H2,1H3. The Balaban J connectivity index is 2.19. The number of ether oxygens (including phenoxy) is 1. The highest BCUT2D eigenvalue weighted by molar-refractivity contribution is 9.10. The van der Waals surface area contributed by atoms with E-state index in [-0.39, 0.29) is 17.5 Å². The molecule has 0 spiro atoms. The van der Waals surface area contributed by atoms with Gasteiger partial charge in [0.2, 0.25) is 5.91 Å². The first kappa shape index (κ1) is 17.3. The second kappa shape index (κ2) is 7.49. The van der Waals surface area contributed by atoms with Gasteiger partial charge in [-0.25, -0.2) is 13.4 Å². The summed E-state index contributed by atoms with van der Waals surface area (Å²) in [6.45, 7) is 1.55. The zero-order valence-corrected chi connectivity index (χ0v) is 14.6. The van der Waals surface area contributed by atoms with Crippen LogP contribution in [0.3, 0.4) is 0 Å². The molecule has 1 fully saturated rings. The Labute approximate surface area is 138 Å². The smallest absolute Gasteiger partial charge is 0.262 e. The van der Waals surface area contributed by atoms with Gasteiger partial charge in [-0.3, -0.25) is 4.79 Å². The van der Waals surface area contributed by atoms with E-state index in [0.29, 0.717) is 37.1 Å². The number of carbonyl (C=O) groups excluding carboxylic acids is 1. The summed E-state index contributed by atoms with van der Waals surface area (Å²) in [6.07, 6.45) is 2.00. The van der Waals surface area contributed by atoms with Crippen LogP contribution in [0.1, 0.15) is 6.42 Å². The number of amides is 1. The predicted octanol–water partition coefficient (Wildman–Crippen LogP) is 0.714. The summed E-state index contributed by atoms with van der Waals surface area (Å²) >= 11 is 3.20. The minimum atomic E-state index is -3.80.